The van der Waals surface area contributed by atoms with E-state index < -0.39 is 0 Å². The molecule has 1 N–H and O–H groups in total. The highest BCUT2D eigenvalue weighted by molar-refractivity contribution is 14.1. The molecule has 1 aromatic heterocycles. The van der Waals surface area contributed by atoms with Crippen molar-refractivity contribution in [1.29, 1.82) is 0 Å². The Labute approximate surface area is 128 Å². The number of nitrogens with one attached hydrogen (secondary N) is 1. The van der Waals surface area contributed by atoms with Crippen LogP contribution >= 0.6 is 38.5 Å². The number of benzene rings is 1. The summed E-state index contributed by atoms with van der Waals surface area (Å²) in [5.74, 6) is 0.815. The van der Waals surface area contributed by atoms with Crippen LogP contribution in [0.3, 0.4) is 0 Å². The third kappa shape index (κ3) is 3.46. The summed E-state index contributed by atoms with van der Waals surface area (Å²) in [5.41, 5.74) is 1.01. The molecule has 6 heteroatoms. The lowest BCUT2D eigenvalue weighted by atomic mass is 10.3. The molecule has 0 radical (unpaired) electrons. The molecule has 0 aliphatic rings. The lowest BCUT2D eigenvalue weighted by Gasteiger charge is -2.11. The largest absolute Gasteiger partial charge is 0.383 e. The Hall–Kier alpha value is -0.600. The van der Waals surface area contributed by atoms with Crippen LogP contribution in [-0.4, -0.2) is 23.3 Å². The Balaban J connectivity index is 2.18. The van der Waals surface area contributed by atoms with Crippen LogP contribution in [0.2, 0.25) is 0 Å². The van der Waals surface area contributed by atoms with E-state index in [-0.39, 0.29) is 0 Å². The zero-order valence-electron chi connectivity index (χ0n) is 9.86. The van der Waals surface area contributed by atoms with E-state index in [9.17, 15) is 0 Å². The Morgan fingerprint density at radius 1 is 1.50 bits per heavy atom. The third-order valence-corrected chi connectivity index (χ3v) is 3.79. The number of hydrogen-bond acceptors (Lipinski definition) is 3. The summed E-state index contributed by atoms with van der Waals surface area (Å²) in [6.07, 6.45) is 3.71. The number of halogens is 2. The van der Waals surface area contributed by atoms with E-state index >= 15 is 0 Å². The number of nitrogens with zero attached hydrogens (tertiary/aromatic N) is 2. The standard InChI is InChI=1S/C12H13BrIN3O/c1-18-7-6-17-5-4-15-12(17)16-11-8-9(14)2-3-10(11)13/h2-5,8H,6-7H2,1H3,(H,15,16). The number of anilines is 2. The second-order valence-electron chi connectivity index (χ2n) is 3.69. The molecule has 96 valence electrons. The van der Waals surface area contributed by atoms with Gasteiger partial charge in [-0.15, -0.1) is 0 Å². The minimum atomic E-state index is 0.665. The molecular weight excluding hydrogens is 409 g/mol. The summed E-state index contributed by atoms with van der Waals surface area (Å²) >= 11 is 5.81. The van der Waals surface area contributed by atoms with Crippen LogP contribution in [0.25, 0.3) is 0 Å². The van der Waals surface area contributed by atoms with E-state index in [2.05, 4.69) is 54.9 Å². The molecule has 4 nitrogen and oxygen atoms in total. The van der Waals surface area contributed by atoms with Crippen molar-refractivity contribution in [1.82, 2.24) is 9.55 Å². The second-order valence-corrected chi connectivity index (χ2v) is 5.79. The molecule has 0 aliphatic heterocycles. The molecule has 0 atom stereocenters. The summed E-state index contributed by atoms with van der Waals surface area (Å²) in [7, 11) is 1.69. The van der Waals surface area contributed by atoms with E-state index in [1.54, 1.807) is 13.3 Å². The molecule has 0 saturated carbocycles. The topological polar surface area (TPSA) is 39.1 Å². The maximum absolute atomic E-state index is 5.08. The fourth-order valence-electron chi connectivity index (χ4n) is 1.52. The molecule has 2 rings (SSSR count). The van der Waals surface area contributed by atoms with Gasteiger partial charge in [0.25, 0.3) is 0 Å². The Kier molecular flexibility index (Phi) is 5.02. The van der Waals surface area contributed by atoms with Gasteiger partial charge in [-0.3, -0.25) is 0 Å². The van der Waals surface area contributed by atoms with Gasteiger partial charge in [-0.05, 0) is 56.7 Å². The number of methoxy groups -OCH3 is 1. The lowest BCUT2D eigenvalue weighted by Crippen LogP contribution is -2.07. The minimum Gasteiger partial charge on any atom is -0.383 e. The van der Waals surface area contributed by atoms with Crippen LogP contribution < -0.4 is 5.32 Å². The highest BCUT2D eigenvalue weighted by Crippen LogP contribution is 2.27. The summed E-state index contributed by atoms with van der Waals surface area (Å²) in [6.45, 7) is 1.44. The Morgan fingerprint density at radius 2 is 2.33 bits per heavy atom. The van der Waals surface area contributed by atoms with Crippen LogP contribution in [0.15, 0.2) is 35.1 Å². The number of ether oxygens (including phenoxy) is 1. The minimum absolute atomic E-state index is 0.665. The predicted octanol–water partition coefficient (Wildman–Crippen LogP) is 3.64. The molecule has 0 aliphatic carbocycles. The van der Waals surface area contributed by atoms with Crippen LogP contribution in [0.4, 0.5) is 11.6 Å². The van der Waals surface area contributed by atoms with Crippen molar-refractivity contribution in [3.63, 3.8) is 0 Å². The van der Waals surface area contributed by atoms with Gasteiger partial charge in [-0.2, -0.15) is 0 Å². The predicted molar refractivity (Wildman–Crippen MR) is 84.2 cm³/mol. The summed E-state index contributed by atoms with van der Waals surface area (Å²) in [5, 5.41) is 3.32. The maximum atomic E-state index is 5.08. The molecule has 0 bridgehead atoms. The van der Waals surface area contributed by atoms with Gasteiger partial charge in [-0.25, -0.2) is 4.98 Å². The molecule has 1 heterocycles. The monoisotopic (exact) mass is 421 g/mol. The van der Waals surface area contributed by atoms with Crippen molar-refractivity contribution >= 4 is 50.2 Å². The van der Waals surface area contributed by atoms with Gasteiger partial charge in [0.05, 0.1) is 12.3 Å². The van der Waals surface area contributed by atoms with E-state index in [4.69, 9.17) is 4.74 Å². The van der Waals surface area contributed by atoms with Crippen molar-refractivity contribution in [2.24, 2.45) is 0 Å². The molecule has 0 saturated heterocycles. The summed E-state index contributed by atoms with van der Waals surface area (Å²) < 4.78 is 9.29. The zero-order valence-corrected chi connectivity index (χ0v) is 13.6. The van der Waals surface area contributed by atoms with Crippen LogP contribution in [0.5, 0.6) is 0 Å². The van der Waals surface area contributed by atoms with Crippen molar-refractivity contribution in [2.45, 2.75) is 6.54 Å². The van der Waals surface area contributed by atoms with Crippen molar-refractivity contribution in [3.05, 3.63) is 38.6 Å². The lowest BCUT2D eigenvalue weighted by molar-refractivity contribution is 0.188. The average Bonchev–Trinajstić information content (AvgIpc) is 2.79. The number of aromatic nitrogens is 2. The van der Waals surface area contributed by atoms with Crippen molar-refractivity contribution in [3.8, 4) is 0 Å². The highest BCUT2D eigenvalue weighted by Gasteiger charge is 2.06. The van der Waals surface area contributed by atoms with E-state index in [0.717, 1.165) is 22.7 Å². The van der Waals surface area contributed by atoms with Crippen molar-refractivity contribution < 1.29 is 4.74 Å². The van der Waals surface area contributed by atoms with Gasteiger partial charge >= 0.3 is 0 Å². The van der Waals surface area contributed by atoms with Gasteiger partial charge in [0, 0.05) is 34.1 Å². The summed E-state index contributed by atoms with van der Waals surface area (Å²) in [6, 6.07) is 6.14. The molecule has 0 spiro atoms. The molecular formula is C12H13BrIN3O. The molecule has 0 amide bonds. The zero-order chi connectivity index (χ0) is 13.0. The van der Waals surface area contributed by atoms with Gasteiger partial charge in [0.2, 0.25) is 5.95 Å². The molecule has 18 heavy (non-hydrogen) atoms. The van der Waals surface area contributed by atoms with E-state index in [1.165, 1.54) is 3.57 Å². The fraction of sp³-hybridized carbons (Fsp3) is 0.250. The highest BCUT2D eigenvalue weighted by atomic mass is 127. The first kappa shape index (κ1) is 13.8. The average molecular weight is 422 g/mol. The SMILES string of the molecule is COCCn1ccnc1Nc1cc(I)ccc1Br. The number of rotatable bonds is 5. The molecule has 0 fully saturated rings. The van der Waals surface area contributed by atoms with Crippen LogP contribution in [0, 0.1) is 3.57 Å². The molecule has 2 aromatic rings. The number of imidazole rings is 1. The van der Waals surface area contributed by atoms with E-state index in [1.807, 2.05) is 22.9 Å². The van der Waals surface area contributed by atoms with Crippen LogP contribution in [-0.2, 0) is 11.3 Å². The number of hydrogen-bond donors (Lipinski definition) is 1. The quantitative estimate of drug-likeness (QED) is 0.749. The Bertz CT molecular complexity index is 530. The van der Waals surface area contributed by atoms with Gasteiger partial charge in [0.15, 0.2) is 0 Å². The first-order chi connectivity index (χ1) is 8.70. The molecule has 1 aromatic carbocycles. The normalized spacial score (nSPS) is 10.6. The van der Waals surface area contributed by atoms with Crippen molar-refractivity contribution in [2.75, 3.05) is 19.0 Å². The van der Waals surface area contributed by atoms with Gasteiger partial charge < -0.3 is 14.6 Å². The Morgan fingerprint density at radius 3 is 3.11 bits per heavy atom. The first-order valence-corrected chi connectivity index (χ1v) is 7.30. The summed E-state index contributed by atoms with van der Waals surface area (Å²) in [4.78, 5) is 4.31. The van der Waals surface area contributed by atoms with Gasteiger partial charge in [-0.1, -0.05) is 0 Å². The smallest absolute Gasteiger partial charge is 0.207 e. The van der Waals surface area contributed by atoms with Gasteiger partial charge in [0.1, 0.15) is 0 Å². The first-order valence-electron chi connectivity index (χ1n) is 5.43. The fourth-order valence-corrected chi connectivity index (χ4v) is 2.35. The van der Waals surface area contributed by atoms with E-state index in [0.29, 0.717) is 6.61 Å². The third-order valence-electron chi connectivity index (χ3n) is 2.43. The molecule has 0 unspecified atom stereocenters. The maximum Gasteiger partial charge on any atom is 0.207 e. The second kappa shape index (κ2) is 6.53. The van der Waals surface area contributed by atoms with Crippen LogP contribution in [0.1, 0.15) is 0 Å².